The normalized spacial score (nSPS) is 12.9. The van der Waals surface area contributed by atoms with Crippen molar-refractivity contribution in [1.29, 1.82) is 0 Å². The number of hydrogen-bond donors (Lipinski definition) is 0. The molecule has 55 heavy (non-hydrogen) atoms. The molecule has 2 heterocycles. The molecule has 0 aliphatic carbocycles. The molecule has 8 aromatic rings. The highest BCUT2D eigenvalue weighted by atomic mass is 19.4. The van der Waals surface area contributed by atoms with Gasteiger partial charge in [0.05, 0.1) is 44.6 Å². The largest absolute Gasteiger partial charge is 0.417 e. The summed E-state index contributed by atoms with van der Waals surface area (Å²) in [6, 6.07) is 27.5. The average Bonchev–Trinajstić information content (AvgIpc) is 3.64. The highest BCUT2D eigenvalue weighted by Gasteiger charge is 2.39. The topological polar surface area (TPSA) is 9.86 Å². The monoisotopic (exact) mass is 754 g/mol. The van der Waals surface area contributed by atoms with Gasteiger partial charge >= 0.3 is 6.18 Å². The van der Waals surface area contributed by atoms with E-state index in [1.807, 2.05) is 102 Å². The fourth-order valence-electron chi connectivity index (χ4n) is 7.62. The Labute approximate surface area is 311 Å². The Morgan fingerprint density at radius 1 is 0.418 bits per heavy atom. The Bertz CT molecular complexity index is 2850. The van der Waals surface area contributed by atoms with E-state index in [4.69, 9.17) is 0 Å². The van der Waals surface area contributed by atoms with E-state index >= 15 is 22.0 Å². The van der Waals surface area contributed by atoms with Gasteiger partial charge in [-0.15, -0.1) is 0 Å². The Morgan fingerprint density at radius 3 is 1.22 bits per heavy atom. The van der Waals surface area contributed by atoms with E-state index in [9.17, 15) is 13.2 Å². The zero-order chi connectivity index (χ0) is 39.5. The van der Waals surface area contributed by atoms with Gasteiger partial charge in [0, 0.05) is 27.1 Å². The summed E-state index contributed by atoms with van der Waals surface area (Å²) in [7, 11) is 0. The van der Waals surface area contributed by atoms with Crippen LogP contribution in [0.3, 0.4) is 0 Å². The Balaban J connectivity index is 1.61. The molecule has 0 saturated heterocycles. The summed E-state index contributed by atoms with van der Waals surface area (Å²) in [4.78, 5) is 0. The minimum Gasteiger partial charge on any atom is -0.307 e. The molecule has 0 atom stereocenters. The maximum atomic E-state index is 15.6. The van der Waals surface area contributed by atoms with Gasteiger partial charge in [-0.3, -0.25) is 0 Å². The minimum atomic E-state index is -5.30. The standard InChI is InChI=1S/C45H34F8N2/c1-43(2,3)23-15-17-33-27(19-23)25-11-7-9-13-31(25)54(33)35-21-29(37-38(46)40(48)42(50)41(49)39(37)47)30(45(51,52)53)22-36(35)55-32-14-10-8-12-26(32)28-20-24(44(4,5)6)16-18-34(28)55/h7-22H,1-6H3. The number of fused-ring (bicyclic) bond motifs is 6. The summed E-state index contributed by atoms with van der Waals surface area (Å²) in [5.74, 6) is -11.9. The molecule has 280 valence electrons. The molecule has 2 nitrogen and oxygen atoms in total. The lowest BCUT2D eigenvalue weighted by Crippen LogP contribution is -2.14. The van der Waals surface area contributed by atoms with Crippen LogP contribution < -0.4 is 0 Å². The van der Waals surface area contributed by atoms with Crippen molar-refractivity contribution in [2.45, 2.75) is 58.5 Å². The van der Waals surface area contributed by atoms with Crippen molar-refractivity contribution in [2.75, 3.05) is 0 Å². The fourth-order valence-corrected chi connectivity index (χ4v) is 7.62. The van der Waals surface area contributed by atoms with E-state index in [0.717, 1.165) is 44.8 Å². The van der Waals surface area contributed by atoms with Gasteiger partial charge in [-0.2, -0.15) is 13.2 Å². The van der Waals surface area contributed by atoms with Gasteiger partial charge in [-0.1, -0.05) is 90.1 Å². The number of para-hydroxylation sites is 2. The van der Waals surface area contributed by atoms with Crippen LogP contribution in [0.4, 0.5) is 35.1 Å². The molecule has 0 N–H and O–H groups in total. The predicted molar refractivity (Wildman–Crippen MR) is 203 cm³/mol. The van der Waals surface area contributed by atoms with Crippen LogP contribution in [0.2, 0.25) is 0 Å². The SMILES string of the molecule is CC(C)(C)c1ccc2c(c1)c1ccccc1n2-c1cc(-c2c(F)c(F)c(F)c(F)c2F)c(C(F)(F)F)cc1-n1c2ccccc2c2cc(C(C)(C)C)ccc21. The summed E-state index contributed by atoms with van der Waals surface area (Å²) in [5.41, 5.74) is -0.867. The fraction of sp³-hybridized carbons (Fsp3) is 0.200. The molecule has 6 aromatic carbocycles. The third-order valence-corrected chi connectivity index (χ3v) is 10.5. The maximum Gasteiger partial charge on any atom is 0.417 e. The Kier molecular flexibility index (Phi) is 8.05. The minimum absolute atomic E-state index is 0.0178. The zero-order valence-corrected chi connectivity index (χ0v) is 30.7. The molecular weight excluding hydrogens is 720 g/mol. The summed E-state index contributed by atoms with van der Waals surface area (Å²) in [5, 5.41) is 2.99. The van der Waals surface area contributed by atoms with Crippen LogP contribution in [-0.2, 0) is 17.0 Å². The molecule has 0 amide bonds. The van der Waals surface area contributed by atoms with Crippen molar-refractivity contribution < 1.29 is 35.1 Å². The molecule has 0 spiro atoms. The lowest BCUT2D eigenvalue weighted by Gasteiger charge is -2.23. The van der Waals surface area contributed by atoms with Gasteiger partial charge in [0.2, 0.25) is 5.82 Å². The number of nitrogens with zero attached hydrogens (tertiary/aromatic N) is 2. The van der Waals surface area contributed by atoms with Crippen LogP contribution in [0.1, 0.15) is 58.2 Å². The first kappa shape index (κ1) is 36.3. The molecule has 0 aliphatic heterocycles. The first-order valence-electron chi connectivity index (χ1n) is 17.6. The van der Waals surface area contributed by atoms with Gasteiger partial charge in [0.1, 0.15) is 0 Å². The van der Waals surface area contributed by atoms with Crippen LogP contribution >= 0.6 is 0 Å². The third kappa shape index (κ3) is 5.59. The van der Waals surface area contributed by atoms with Crippen molar-refractivity contribution in [3.8, 4) is 22.5 Å². The number of benzene rings is 6. The second-order valence-electron chi connectivity index (χ2n) is 16.0. The third-order valence-electron chi connectivity index (χ3n) is 10.5. The molecule has 2 aromatic heterocycles. The first-order chi connectivity index (χ1) is 25.8. The van der Waals surface area contributed by atoms with Crippen LogP contribution in [0.5, 0.6) is 0 Å². The number of rotatable bonds is 3. The van der Waals surface area contributed by atoms with E-state index in [-0.39, 0.29) is 22.2 Å². The van der Waals surface area contributed by atoms with Crippen molar-refractivity contribution in [3.05, 3.63) is 143 Å². The summed E-state index contributed by atoms with van der Waals surface area (Å²) in [6.07, 6.45) is -5.30. The van der Waals surface area contributed by atoms with Crippen molar-refractivity contribution in [1.82, 2.24) is 9.13 Å². The molecule has 0 aliphatic rings. The van der Waals surface area contributed by atoms with E-state index < -0.39 is 52.0 Å². The van der Waals surface area contributed by atoms with Gasteiger partial charge in [0.25, 0.3) is 0 Å². The van der Waals surface area contributed by atoms with Gasteiger partial charge < -0.3 is 9.13 Å². The molecule has 0 saturated carbocycles. The van der Waals surface area contributed by atoms with Crippen LogP contribution in [0, 0.1) is 29.1 Å². The number of halogens is 8. The lowest BCUT2D eigenvalue weighted by atomic mass is 9.86. The molecule has 8 rings (SSSR count). The smallest absolute Gasteiger partial charge is 0.307 e. The van der Waals surface area contributed by atoms with Gasteiger partial charge in [-0.05, 0) is 70.5 Å². The average molecular weight is 755 g/mol. The second-order valence-corrected chi connectivity index (χ2v) is 16.0. The zero-order valence-electron chi connectivity index (χ0n) is 30.7. The van der Waals surface area contributed by atoms with Crippen LogP contribution in [-0.4, -0.2) is 9.13 Å². The lowest BCUT2D eigenvalue weighted by molar-refractivity contribution is -0.137. The van der Waals surface area contributed by atoms with Gasteiger partial charge in [-0.25, -0.2) is 22.0 Å². The van der Waals surface area contributed by atoms with E-state index in [2.05, 4.69) is 0 Å². The Morgan fingerprint density at radius 2 is 0.800 bits per heavy atom. The number of hydrogen-bond acceptors (Lipinski definition) is 0. The maximum absolute atomic E-state index is 15.6. The van der Waals surface area contributed by atoms with E-state index in [0.29, 0.717) is 22.1 Å². The van der Waals surface area contributed by atoms with Crippen molar-refractivity contribution in [2.24, 2.45) is 0 Å². The predicted octanol–water partition coefficient (Wildman–Crippen LogP) is 13.9. The molecular formula is C45H34F8N2. The highest BCUT2D eigenvalue weighted by Crippen LogP contribution is 2.47. The molecule has 0 bridgehead atoms. The number of alkyl halides is 3. The summed E-state index contributed by atoms with van der Waals surface area (Å²) < 4.78 is 124. The summed E-state index contributed by atoms with van der Waals surface area (Å²) >= 11 is 0. The molecule has 10 heteroatoms. The Hall–Kier alpha value is -5.64. The number of aromatic nitrogens is 2. The van der Waals surface area contributed by atoms with Gasteiger partial charge in [0.15, 0.2) is 23.3 Å². The van der Waals surface area contributed by atoms with Crippen LogP contribution in [0.15, 0.2) is 97.1 Å². The first-order valence-corrected chi connectivity index (χ1v) is 17.6. The molecule has 0 unspecified atom stereocenters. The molecule has 0 fully saturated rings. The van der Waals surface area contributed by atoms with E-state index in [1.165, 1.54) is 0 Å². The van der Waals surface area contributed by atoms with Crippen molar-refractivity contribution >= 4 is 43.6 Å². The van der Waals surface area contributed by atoms with Crippen molar-refractivity contribution in [3.63, 3.8) is 0 Å². The summed E-state index contributed by atoms with van der Waals surface area (Å²) in [6.45, 7) is 12.3. The quantitative estimate of drug-likeness (QED) is 0.0966. The van der Waals surface area contributed by atoms with E-state index in [1.54, 1.807) is 33.4 Å². The molecule has 0 radical (unpaired) electrons. The van der Waals surface area contributed by atoms with Crippen LogP contribution in [0.25, 0.3) is 66.1 Å². The highest BCUT2D eigenvalue weighted by molar-refractivity contribution is 6.12. The second kappa shape index (κ2) is 12.2.